The molecule has 8 heteroatoms. The summed E-state index contributed by atoms with van der Waals surface area (Å²) in [5.74, 6) is 0.851. The molecule has 3 rings (SSSR count). The molecule has 0 bridgehead atoms. The van der Waals surface area contributed by atoms with Crippen LogP contribution >= 0.6 is 46.7 Å². The average molecular weight is 491 g/mol. The number of aliphatic imine (C=N–C) groups is 1. The zero-order valence-corrected chi connectivity index (χ0v) is 18.7. The van der Waals surface area contributed by atoms with Crippen molar-refractivity contribution in [3.8, 4) is 0 Å². The first kappa shape index (κ1) is 20.6. The molecule has 1 fully saturated rings. The minimum Gasteiger partial charge on any atom is -0.354 e. The van der Waals surface area contributed by atoms with Crippen LogP contribution in [0.1, 0.15) is 34.3 Å². The summed E-state index contributed by atoms with van der Waals surface area (Å²) in [6, 6.07) is 4.81. The first-order valence-corrected chi connectivity index (χ1v) is 10.1. The van der Waals surface area contributed by atoms with Crippen molar-refractivity contribution in [3.05, 3.63) is 38.5 Å². The van der Waals surface area contributed by atoms with Crippen molar-refractivity contribution in [2.45, 2.75) is 32.4 Å². The topological polar surface area (TPSA) is 52.6 Å². The predicted octanol–water partition coefficient (Wildman–Crippen LogP) is 3.63. The maximum Gasteiger partial charge on any atom is 0.191 e. The normalized spacial score (nSPS) is 16.5. The van der Waals surface area contributed by atoms with Gasteiger partial charge in [0, 0.05) is 23.3 Å². The number of guanidine groups is 1. The Morgan fingerprint density at radius 3 is 2.72 bits per heavy atom. The van der Waals surface area contributed by atoms with Crippen molar-refractivity contribution in [2.75, 3.05) is 26.7 Å². The number of nitrogens with zero attached hydrogens (tertiary/aromatic N) is 3. The number of hydrogen-bond donors (Lipinski definition) is 2. The van der Waals surface area contributed by atoms with Gasteiger partial charge in [0.2, 0.25) is 0 Å². The van der Waals surface area contributed by atoms with Crippen LogP contribution in [0.4, 0.5) is 0 Å². The predicted molar refractivity (Wildman–Crippen MR) is 118 cm³/mol. The summed E-state index contributed by atoms with van der Waals surface area (Å²) in [5.41, 5.74) is 2.99. The Bertz CT molecular complexity index is 650. The second-order valence-corrected chi connectivity index (χ2v) is 7.86. The Kier molecular flexibility index (Phi) is 8.60. The summed E-state index contributed by atoms with van der Waals surface area (Å²) in [6.07, 6.45) is 2.61. The molecule has 138 valence electrons. The molecule has 1 aliphatic rings. The third-order valence-electron chi connectivity index (χ3n) is 4.40. The van der Waals surface area contributed by atoms with Crippen molar-refractivity contribution in [1.29, 1.82) is 0 Å². The monoisotopic (exact) mass is 491 g/mol. The molecule has 0 radical (unpaired) electrons. The summed E-state index contributed by atoms with van der Waals surface area (Å²) in [6.45, 7) is 6.07. The Hall–Kier alpha value is -0.710. The Morgan fingerprint density at radius 1 is 1.32 bits per heavy atom. The third kappa shape index (κ3) is 5.63. The van der Waals surface area contributed by atoms with Crippen molar-refractivity contribution >= 4 is 52.6 Å². The quantitative estimate of drug-likeness (QED) is 0.368. The van der Waals surface area contributed by atoms with Gasteiger partial charge in [0.25, 0.3) is 0 Å². The van der Waals surface area contributed by atoms with E-state index in [4.69, 9.17) is 0 Å². The highest BCUT2D eigenvalue weighted by atomic mass is 127. The van der Waals surface area contributed by atoms with Crippen LogP contribution in [0.3, 0.4) is 0 Å². The van der Waals surface area contributed by atoms with Gasteiger partial charge in [-0.25, -0.2) is 4.98 Å². The van der Waals surface area contributed by atoms with Gasteiger partial charge in [-0.1, -0.05) is 6.07 Å². The van der Waals surface area contributed by atoms with Gasteiger partial charge in [-0.2, -0.15) is 0 Å². The van der Waals surface area contributed by atoms with E-state index in [2.05, 4.69) is 43.0 Å². The molecule has 1 atom stereocenters. The molecule has 0 amide bonds. The van der Waals surface area contributed by atoms with Crippen LogP contribution < -0.4 is 10.6 Å². The molecule has 2 aromatic heterocycles. The summed E-state index contributed by atoms with van der Waals surface area (Å²) in [5, 5.41) is 9.07. The number of thiazole rings is 1. The maximum atomic E-state index is 4.36. The van der Waals surface area contributed by atoms with Crippen LogP contribution in [-0.4, -0.2) is 42.5 Å². The van der Waals surface area contributed by atoms with Crippen LogP contribution in [0.2, 0.25) is 0 Å². The fourth-order valence-corrected chi connectivity index (χ4v) is 4.60. The molecule has 1 saturated heterocycles. The van der Waals surface area contributed by atoms with E-state index in [0.29, 0.717) is 6.04 Å². The Labute approximate surface area is 175 Å². The number of halogens is 1. The largest absolute Gasteiger partial charge is 0.354 e. The fraction of sp³-hybridized carbons (Fsp3) is 0.529. The highest BCUT2D eigenvalue weighted by Gasteiger charge is 2.24. The number of hydrogen-bond acceptors (Lipinski definition) is 5. The smallest absolute Gasteiger partial charge is 0.191 e. The highest BCUT2D eigenvalue weighted by Crippen LogP contribution is 2.27. The lowest BCUT2D eigenvalue weighted by Gasteiger charge is -2.27. The SMILES string of the molecule is CN=C(NCc1scnc1C)NCC(c1cccs1)N1CCCC1.I. The summed E-state index contributed by atoms with van der Waals surface area (Å²) in [7, 11) is 1.82. The number of aryl methyl sites for hydroxylation is 1. The van der Waals surface area contributed by atoms with E-state index in [1.165, 1.54) is 35.7 Å². The lowest BCUT2D eigenvalue weighted by atomic mass is 10.2. The number of thiophene rings is 1. The van der Waals surface area contributed by atoms with E-state index in [1.807, 2.05) is 30.8 Å². The van der Waals surface area contributed by atoms with Crippen LogP contribution in [0, 0.1) is 6.92 Å². The molecule has 25 heavy (non-hydrogen) atoms. The van der Waals surface area contributed by atoms with Gasteiger partial charge in [0.15, 0.2) is 5.96 Å². The molecule has 1 unspecified atom stereocenters. The number of aromatic nitrogens is 1. The second-order valence-electron chi connectivity index (χ2n) is 5.94. The summed E-state index contributed by atoms with van der Waals surface area (Å²) in [4.78, 5) is 13.9. The fourth-order valence-electron chi connectivity index (χ4n) is 3.02. The zero-order chi connectivity index (χ0) is 16.8. The number of rotatable bonds is 6. The average Bonchev–Trinajstić information content (AvgIpc) is 3.34. The highest BCUT2D eigenvalue weighted by molar-refractivity contribution is 14.0. The number of likely N-dealkylation sites (tertiary alicyclic amines) is 1. The van der Waals surface area contributed by atoms with Gasteiger partial charge in [0.05, 0.1) is 23.8 Å². The molecule has 5 nitrogen and oxygen atoms in total. The molecule has 2 aromatic rings. The molecule has 2 N–H and O–H groups in total. The molecular weight excluding hydrogens is 465 g/mol. The van der Waals surface area contributed by atoms with E-state index < -0.39 is 0 Å². The van der Waals surface area contributed by atoms with Crippen molar-refractivity contribution in [3.63, 3.8) is 0 Å². The Morgan fingerprint density at radius 2 is 2.12 bits per heavy atom. The Balaban J connectivity index is 0.00000225. The molecule has 0 aliphatic carbocycles. The van der Waals surface area contributed by atoms with Gasteiger partial charge in [0.1, 0.15) is 0 Å². The van der Waals surface area contributed by atoms with Crippen molar-refractivity contribution in [1.82, 2.24) is 20.5 Å². The molecule has 0 aromatic carbocycles. The van der Waals surface area contributed by atoms with E-state index in [-0.39, 0.29) is 24.0 Å². The van der Waals surface area contributed by atoms with Crippen LogP contribution in [0.5, 0.6) is 0 Å². The first-order chi connectivity index (χ1) is 11.8. The molecular formula is C17H26IN5S2. The first-order valence-electron chi connectivity index (χ1n) is 8.39. The third-order valence-corrected chi connectivity index (χ3v) is 6.31. The summed E-state index contributed by atoms with van der Waals surface area (Å²) < 4.78 is 0. The standard InChI is InChI=1S/C17H25N5S2.HI/c1-13-16(24-12-21-13)11-20-17(18-2)19-10-14(15-6-5-9-23-15)22-7-3-4-8-22;/h5-6,9,12,14H,3-4,7-8,10-11H2,1-2H3,(H2,18,19,20);1H. The second kappa shape index (κ2) is 10.4. The molecule has 3 heterocycles. The van der Waals surface area contributed by atoms with Crippen LogP contribution in [0.15, 0.2) is 28.0 Å². The molecule has 0 spiro atoms. The van der Waals surface area contributed by atoms with Gasteiger partial charge in [-0.3, -0.25) is 9.89 Å². The maximum absolute atomic E-state index is 4.36. The van der Waals surface area contributed by atoms with Gasteiger partial charge >= 0.3 is 0 Å². The van der Waals surface area contributed by atoms with Crippen LogP contribution in [0.25, 0.3) is 0 Å². The van der Waals surface area contributed by atoms with Gasteiger partial charge in [-0.15, -0.1) is 46.7 Å². The van der Waals surface area contributed by atoms with E-state index in [0.717, 1.165) is 24.7 Å². The van der Waals surface area contributed by atoms with E-state index in [9.17, 15) is 0 Å². The van der Waals surface area contributed by atoms with Crippen molar-refractivity contribution < 1.29 is 0 Å². The van der Waals surface area contributed by atoms with Crippen LogP contribution in [-0.2, 0) is 6.54 Å². The lowest BCUT2D eigenvalue weighted by molar-refractivity contribution is 0.249. The van der Waals surface area contributed by atoms with Crippen molar-refractivity contribution in [2.24, 2.45) is 4.99 Å². The summed E-state index contributed by atoms with van der Waals surface area (Å²) >= 11 is 3.52. The number of nitrogens with one attached hydrogen (secondary N) is 2. The molecule has 1 aliphatic heterocycles. The zero-order valence-electron chi connectivity index (χ0n) is 14.7. The lowest BCUT2D eigenvalue weighted by Crippen LogP contribution is -2.42. The minimum absolute atomic E-state index is 0. The van der Waals surface area contributed by atoms with Gasteiger partial charge in [-0.05, 0) is 44.3 Å². The minimum atomic E-state index is 0. The van der Waals surface area contributed by atoms with E-state index >= 15 is 0 Å². The van der Waals surface area contributed by atoms with E-state index in [1.54, 1.807) is 11.3 Å². The van der Waals surface area contributed by atoms with Gasteiger partial charge < -0.3 is 10.6 Å². The molecule has 0 saturated carbocycles.